The summed E-state index contributed by atoms with van der Waals surface area (Å²) in [5, 5.41) is 16.7. The highest BCUT2D eigenvalue weighted by Crippen LogP contribution is 2.39. The molecule has 2 saturated heterocycles. The van der Waals surface area contributed by atoms with Gasteiger partial charge in [-0.1, -0.05) is 100 Å². The van der Waals surface area contributed by atoms with Gasteiger partial charge >= 0.3 is 6.18 Å². The lowest BCUT2D eigenvalue weighted by atomic mass is 10.0. The standard InChI is InChI=1S/C57H57F3N8O8S2/c1-31(2)47(55(74)65-27-39(69)19-44(65)51(70)62-22-33-9-13-35(14-10-33)46-24-61-29-77-46)68-26-38-17-18-40(20-43(38)54(68)73)76-41-21-45(52(71)63-23-34-11-15-36(16-12-34)49-50(57(58,59)60)64-30-78-49)66(28-41)56(75)48(32(3)4)67-25-37-7-5-6-8-42(37)53(67)72/h5-18,20,24,29-32,39,41,44-45,47-48,69H,19,21-23,25-28H2,1-4H3,(H,62,70)(H,63,71)/t39-,41-,44+,45+,47+,48+/m1/s1. The zero-order valence-electron chi connectivity index (χ0n) is 43.1. The molecule has 6 aromatic rings. The van der Waals surface area contributed by atoms with Gasteiger partial charge in [-0.3, -0.25) is 33.8 Å². The number of aromatic nitrogens is 2. The number of halogens is 3. The van der Waals surface area contributed by atoms with Crippen molar-refractivity contribution in [2.75, 3.05) is 13.1 Å². The fourth-order valence-corrected chi connectivity index (χ4v) is 12.5. The minimum Gasteiger partial charge on any atom is -0.488 e. The Kier molecular flexibility index (Phi) is 15.3. The minimum absolute atomic E-state index is 0.00864. The van der Waals surface area contributed by atoms with Crippen molar-refractivity contribution < 1.29 is 51.8 Å². The zero-order valence-corrected chi connectivity index (χ0v) is 44.7. The number of hydrogen-bond acceptors (Lipinski definition) is 12. The van der Waals surface area contributed by atoms with Crippen molar-refractivity contribution in [3.05, 3.63) is 147 Å². The van der Waals surface area contributed by atoms with Gasteiger partial charge in [0.25, 0.3) is 11.8 Å². The lowest BCUT2D eigenvalue weighted by molar-refractivity contribution is -0.143. The average Bonchev–Trinajstić information content (AvgIpc) is 4.31. The molecule has 0 aliphatic carbocycles. The number of nitrogens with one attached hydrogen (secondary N) is 2. The number of nitrogens with zero attached hydrogens (tertiary/aromatic N) is 6. The van der Waals surface area contributed by atoms with E-state index in [1.54, 1.807) is 54.2 Å². The summed E-state index contributed by atoms with van der Waals surface area (Å²) in [6.45, 7) is 7.70. The molecule has 0 bridgehead atoms. The zero-order chi connectivity index (χ0) is 55.2. The number of hydrogen-bond donors (Lipinski definition) is 3. The van der Waals surface area contributed by atoms with E-state index in [9.17, 15) is 47.0 Å². The van der Waals surface area contributed by atoms with E-state index in [0.717, 1.165) is 38.4 Å². The van der Waals surface area contributed by atoms with Crippen molar-refractivity contribution in [2.45, 2.75) is 109 Å². The first kappa shape index (κ1) is 53.9. The van der Waals surface area contributed by atoms with Gasteiger partial charge in [0.1, 0.15) is 36.0 Å². The van der Waals surface area contributed by atoms with Crippen molar-refractivity contribution >= 4 is 58.1 Å². The van der Waals surface area contributed by atoms with Gasteiger partial charge in [0.2, 0.25) is 23.6 Å². The van der Waals surface area contributed by atoms with Crippen molar-refractivity contribution in [3.8, 4) is 26.6 Å². The highest BCUT2D eigenvalue weighted by atomic mass is 32.1. The van der Waals surface area contributed by atoms with Crippen molar-refractivity contribution in [1.82, 2.24) is 40.2 Å². The van der Waals surface area contributed by atoms with Gasteiger partial charge in [-0.15, -0.1) is 22.7 Å². The highest BCUT2D eigenvalue weighted by molar-refractivity contribution is 7.13. The number of thiazole rings is 2. The molecule has 0 spiro atoms. The predicted octanol–water partition coefficient (Wildman–Crippen LogP) is 7.56. The second-order valence-corrected chi connectivity index (χ2v) is 22.6. The topological polar surface area (TPSA) is 195 Å². The van der Waals surface area contributed by atoms with Gasteiger partial charge in [-0.2, -0.15) is 13.2 Å². The molecule has 0 saturated carbocycles. The quantitative estimate of drug-likeness (QED) is 0.0871. The Hall–Kier alpha value is -7.49. The first-order chi connectivity index (χ1) is 37.3. The smallest absolute Gasteiger partial charge is 0.434 e. The molecule has 4 aliphatic heterocycles. The number of carbonyl (C=O) groups excluding carboxylic acids is 6. The maximum Gasteiger partial charge on any atom is 0.434 e. The third-order valence-corrected chi connectivity index (χ3v) is 16.6. The van der Waals surface area contributed by atoms with E-state index in [2.05, 4.69) is 20.6 Å². The number of amides is 6. The Balaban J connectivity index is 0.833. The van der Waals surface area contributed by atoms with Crippen LogP contribution in [0.25, 0.3) is 20.9 Å². The molecule has 4 aromatic carbocycles. The molecule has 16 nitrogen and oxygen atoms in total. The molecule has 6 heterocycles. The molecule has 2 aromatic heterocycles. The van der Waals surface area contributed by atoms with Crippen LogP contribution in [-0.2, 0) is 51.5 Å². The average molecular weight is 1100 g/mol. The molecule has 2 fully saturated rings. The summed E-state index contributed by atoms with van der Waals surface area (Å²) in [5.74, 6) is -3.01. The number of β-amino-alcohol motifs (C(OH)–C–C–N with tert-alkyl or cyclic N) is 1. The van der Waals surface area contributed by atoms with Crippen LogP contribution in [0, 0.1) is 11.8 Å². The molecule has 78 heavy (non-hydrogen) atoms. The summed E-state index contributed by atoms with van der Waals surface area (Å²) < 4.78 is 47.4. The first-order valence-electron chi connectivity index (χ1n) is 25.8. The second-order valence-electron chi connectivity index (χ2n) is 20.8. The van der Waals surface area contributed by atoms with Crippen LogP contribution >= 0.6 is 22.7 Å². The van der Waals surface area contributed by atoms with Crippen LogP contribution in [0.15, 0.2) is 108 Å². The molecule has 10 rings (SSSR count). The van der Waals surface area contributed by atoms with E-state index in [0.29, 0.717) is 27.8 Å². The van der Waals surface area contributed by atoms with E-state index in [4.69, 9.17) is 4.74 Å². The van der Waals surface area contributed by atoms with Gasteiger partial charge in [-0.25, -0.2) is 4.98 Å². The molecular weight excluding hydrogens is 1050 g/mol. The molecular formula is C57H57F3N8O8S2. The van der Waals surface area contributed by atoms with Crippen LogP contribution in [-0.4, -0.2) is 120 Å². The van der Waals surface area contributed by atoms with E-state index in [1.807, 2.05) is 64.1 Å². The number of ether oxygens (including phenoxy) is 1. The Bertz CT molecular complexity index is 3240. The van der Waals surface area contributed by atoms with Crippen molar-refractivity contribution in [3.63, 3.8) is 0 Å². The van der Waals surface area contributed by atoms with Crippen molar-refractivity contribution in [1.29, 1.82) is 0 Å². The molecule has 6 amide bonds. The number of aliphatic hydroxyl groups excluding tert-OH is 1. The molecule has 4 aliphatic rings. The lowest BCUT2D eigenvalue weighted by Gasteiger charge is -2.35. The monoisotopic (exact) mass is 1100 g/mol. The summed E-state index contributed by atoms with van der Waals surface area (Å²) in [6, 6.07) is 22.2. The fraction of sp³-hybridized carbons (Fsp3) is 0.368. The van der Waals surface area contributed by atoms with Crippen LogP contribution in [0.1, 0.15) is 89.2 Å². The summed E-state index contributed by atoms with van der Waals surface area (Å²) in [5.41, 5.74) is 6.91. The Morgan fingerprint density at radius 2 is 1.27 bits per heavy atom. The van der Waals surface area contributed by atoms with E-state index < -0.39 is 77.8 Å². The molecule has 3 N–H and O–H groups in total. The van der Waals surface area contributed by atoms with Crippen LogP contribution in [0.2, 0.25) is 0 Å². The molecule has 6 atom stereocenters. The number of benzene rings is 4. The van der Waals surface area contributed by atoms with Crippen molar-refractivity contribution in [2.24, 2.45) is 11.8 Å². The van der Waals surface area contributed by atoms with Crippen LogP contribution in [0.4, 0.5) is 13.2 Å². The number of fused-ring (bicyclic) bond motifs is 2. The van der Waals surface area contributed by atoms with Crippen LogP contribution in [0.3, 0.4) is 0 Å². The summed E-state index contributed by atoms with van der Waals surface area (Å²) in [7, 11) is 0. The molecule has 21 heteroatoms. The summed E-state index contributed by atoms with van der Waals surface area (Å²) >= 11 is 2.39. The van der Waals surface area contributed by atoms with Crippen LogP contribution < -0.4 is 15.4 Å². The first-order valence-corrected chi connectivity index (χ1v) is 27.5. The maximum atomic E-state index is 14.9. The second kappa shape index (κ2) is 22.1. The predicted molar refractivity (Wildman–Crippen MR) is 284 cm³/mol. The molecule has 0 unspecified atom stereocenters. The van der Waals surface area contributed by atoms with E-state index >= 15 is 0 Å². The van der Waals surface area contributed by atoms with E-state index in [-0.39, 0.29) is 80.5 Å². The number of aliphatic hydroxyl groups is 1. The van der Waals surface area contributed by atoms with E-state index in [1.165, 1.54) is 43.1 Å². The molecule has 0 radical (unpaired) electrons. The SMILES string of the molecule is CC(C)[C@@H](C(=O)N1C[C@H](O)C[C@H]1C(=O)NCc1ccc(-c2cncs2)cc1)N1Cc2ccc(O[C@@H]3C[C@@H](C(=O)NCc4ccc(-c5scnc5C(F)(F)F)cc4)N(C(=O)[C@H](C(C)C)N4Cc5ccccc5C4=O)C3)cc2C1=O. The Morgan fingerprint density at radius 1 is 0.705 bits per heavy atom. The van der Waals surface area contributed by atoms with Crippen LogP contribution in [0.5, 0.6) is 5.75 Å². The highest BCUT2D eigenvalue weighted by Gasteiger charge is 2.49. The fourth-order valence-electron chi connectivity index (χ4n) is 11.1. The third kappa shape index (κ3) is 10.9. The number of carbonyl (C=O) groups is 6. The number of rotatable bonds is 16. The Morgan fingerprint density at radius 3 is 1.85 bits per heavy atom. The maximum absolute atomic E-state index is 14.9. The summed E-state index contributed by atoms with van der Waals surface area (Å²) in [6.07, 6.45) is -4.46. The lowest BCUT2D eigenvalue weighted by Crippen LogP contribution is -2.55. The normalized spacial score (nSPS) is 19.9. The number of alkyl halides is 3. The molecule has 406 valence electrons. The van der Waals surface area contributed by atoms with Gasteiger partial charge < -0.3 is 40.1 Å². The van der Waals surface area contributed by atoms with Gasteiger partial charge in [-0.05, 0) is 63.4 Å². The Labute approximate surface area is 456 Å². The minimum atomic E-state index is -4.63. The van der Waals surface area contributed by atoms with Gasteiger partial charge in [0, 0.05) is 62.9 Å². The van der Waals surface area contributed by atoms with Gasteiger partial charge in [0.05, 0.1) is 33.4 Å². The largest absolute Gasteiger partial charge is 0.488 e. The van der Waals surface area contributed by atoms with Gasteiger partial charge in [0.15, 0.2) is 5.69 Å². The third-order valence-electron chi connectivity index (χ3n) is 14.9. The number of likely N-dealkylation sites (tertiary alicyclic amines) is 2. The summed E-state index contributed by atoms with van der Waals surface area (Å²) in [4.78, 5) is 100.